The fraction of sp³-hybridized carbons (Fsp3) is 0. The van der Waals surface area contributed by atoms with E-state index < -0.39 is 22.3 Å². The molecular formula is C12H6Cl2FN3O3. The van der Waals surface area contributed by atoms with Crippen LogP contribution in [0.4, 0.5) is 15.8 Å². The molecule has 0 aliphatic carbocycles. The average molecular weight is 330 g/mol. The summed E-state index contributed by atoms with van der Waals surface area (Å²) in [6, 6.07) is 5.03. The Balaban J connectivity index is 2.39. The molecule has 0 aliphatic heterocycles. The molecule has 108 valence electrons. The van der Waals surface area contributed by atoms with Crippen LogP contribution < -0.4 is 5.32 Å². The first kappa shape index (κ1) is 15.1. The Morgan fingerprint density at radius 1 is 1.38 bits per heavy atom. The second-order valence-electron chi connectivity index (χ2n) is 3.84. The van der Waals surface area contributed by atoms with E-state index in [1.165, 1.54) is 18.2 Å². The maximum absolute atomic E-state index is 13.7. The minimum Gasteiger partial charge on any atom is -0.319 e. The highest BCUT2D eigenvalue weighted by Gasteiger charge is 2.22. The van der Waals surface area contributed by atoms with E-state index in [2.05, 4.69) is 10.3 Å². The summed E-state index contributed by atoms with van der Waals surface area (Å²) in [5.74, 6) is -1.73. The van der Waals surface area contributed by atoms with Crippen LogP contribution >= 0.6 is 23.2 Å². The van der Waals surface area contributed by atoms with Gasteiger partial charge in [0.25, 0.3) is 11.6 Å². The summed E-state index contributed by atoms with van der Waals surface area (Å²) < 4.78 is 13.7. The van der Waals surface area contributed by atoms with Crippen LogP contribution in [0.1, 0.15) is 10.4 Å². The zero-order chi connectivity index (χ0) is 15.6. The summed E-state index contributed by atoms with van der Waals surface area (Å²) in [6.07, 6.45) is 0.853. The first-order valence-electron chi connectivity index (χ1n) is 5.45. The van der Waals surface area contributed by atoms with Gasteiger partial charge in [0.1, 0.15) is 16.9 Å². The predicted octanol–water partition coefficient (Wildman–Crippen LogP) is 3.69. The summed E-state index contributed by atoms with van der Waals surface area (Å²) in [6.45, 7) is 0. The first-order chi connectivity index (χ1) is 9.90. The van der Waals surface area contributed by atoms with Crippen LogP contribution in [0.25, 0.3) is 0 Å². The Labute approximate surface area is 127 Å². The number of pyridine rings is 1. The first-order valence-corrected chi connectivity index (χ1v) is 6.21. The quantitative estimate of drug-likeness (QED) is 0.528. The molecule has 1 amide bonds. The number of halogens is 3. The number of carbonyl (C=O) groups is 1. The molecule has 1 heterocycles. The van der Waals surface area contributed by atoms with Crippen LogP contribution in [0.3, 0.4) is 0 Å². The summed E-state index contributed by atoms with van der Waals surface area (Å²) >= 11 is 11.2. The molecule has 0 radical (unpaired) electrons. The smallest absolute Gasteiger partial charge is 0.300 e. The Morgan fingerprint density at radius 3 is 2.76 bits per heavy atom. The third-order valence-corrected chi connectivity index (χ3v) is 2.99. The van der Waals surface area contributed by atoms with E-state index in [1.54, 1.807) is 0 Å². The number of nitrogens with one attached hydrogen (secondary N) is 1. The molecule has 6 nitrogen and oxygen atoms in total. The van der Waals surface area contributed by atoms with Gasteiger partial charge >= 0.3 is 0 Å². The lowest BCUT2D eigenvalue weighted by molar-refractivity contribution is -0.385. The summed E-state index contributed by atoms with van der Waals surface area (Å²) in [4.78, 5) is 25.6. The van der Waals surface area contributed by atoms with Crippen LogP contribution in [-0.4, -0.2) is 15.8 Å². The molecular weight excluding hydrogens is 324 g/mol. The van der Waals surface area contributed by atoms with E-state index in [0.717, 1.165) is 12.3 Å². The van der Waals surface area contributed by atoms with Crippen molar-refractivity contribution >= 4 is 40.5 Å². The lowest BCUT2D eigenvalue weighted by Gasteiger charge is -2.07. The number of aromatic nitrogens is 1. The van der Waals surface area contributed by atoms with E-state index in [4.69, 9.17) is 23.2 Å². The van der Waals surface area contributed by atoms with E-state index in [1.807, 2.05) is 0 Å². The average Bonchev–Trinajstić information content (AvgIpc) is 2.43. The molecule has 0 atom stereocenters. The Morgan fingerprint density at radius 2 is 2.10 bits per heavy atom. The summed E-state index contributed by atoms with van der Waals surface area (Å²) in [5.41, 5.74) is -1.08. The van der Waals surface area contributed by atoms with Gasteiger partial charge in [-0.15, -0.1) is 0 Å². The van der Waals surface area contributed by atoms with Gasteiger partial charge in [0.05, 0.1) is 15.6 Å². The number of rotatable bonds is 3. The summed E-state index contributed by atoms with van der Waals surface area (Å²) in [5, 5.41) is 12.8. The Hall–Kier alpha value is -2.25. The number of hydrogen-bond acceptors (Lipinski definition) is 4. The second kappa shape index (κ2) is 6.02. The largest absolute Gasteiger partial charge is 0.319 e. The zero-order valence-electron chi connectivity index (χ0n) is 10.1. The lowest BCUT2D eigenvalue weighted by atomic mass is 10.2. The van der Waals surface area contributed by atoms with Crippen LogP contribution in [0.2, 0.25) is 10.2 Å². The predicted molar refractivity (Wildman–Crippen MR) is 75.3 cm³/mol. The van der Waals surface area contributed by atoms with Crippen LogP contribution in [-0.2, 0) is 0 Å². The second-order valence-corrected chi connectivity index (χ2v) is 4.63. The molecule has 0 saturated heterocycles. The highest BCUT2D eigenvalue weighted by Crippen LogP contribution is 2.25. The van der Waals surface area contributed by atoms with Gasteiger partial charge in [0.15, 0.2) is 5.82 Å². The lowest BCUT2D eigenvalue weighted by Crippen LogP contribution is -2.15. The van der Waals surface area contributed by atoms with Gasteiger partial charge < -0.3 is 5.32 Å². The monoisotopic (exact) mass is 329 g/mol. The van der Waals surface area contributed by atoms with Crippen molar-refractivity contribution in [1.82, 2.24) is 4.98 Å². The van der Waals surface area contributed by atoms with Crippen molar-refractivity contribution in [3.63, 3.8) is 0 Å². The minimum atomic E-state index is -0.896. The highest BCUT2D eigenvalue weighted by molar-refractivity contribution is 6.31. The van der Waals surface area contributed by atoms with Crippen molar-refractivity contribution in [2.45, 2.75) is 0 Å². The van der Waals surface area contributed by atoms with E-state index in [0.29, 0.717) is 0 Å². The van der Waals surface area contributed by atoms with E-state index >= 15 is 0 Å². The normalized spacial score (nSPS) is 10.2. The van der Waals surface area contributed by atoms with Gasteiger partial charge in [0, 0.05) is 0 Å². The van der Waals surface area contributed by atoms with Crippen molar-refractivity contribution in [3.8, 4) is 0 Å². The molecule has 1 aromatic heterocycles. The number of benzene rings is 1. The third-order valence-electron chi connectivity index (χ3n) is 2.49. The van der Waals surface area contributed by atoms with Crippen molar-refractivity contribution in [1.29, 1.82) is 0 Å². The molecule has 21 heavy (non-hydrogen) atoms. The van der Waals surface area contributed by atoms with Crippen LogP contribution in [0.15, 0.2) is 30.5 Å². The van der Waals surface area contributed by atoms with Crippen molar-refractivity contribution in [3.05, 3.63) is 62.1 Å². The topological polar surface area (TPSA) is 85.1 Å². The molecule has 0 aliphatic rings. The molecule has 0 fully saturated rings. The maximum Gasteiger partial charge on any atom is 0.300 e. The number of carbonyl (C=O) groups excluding carboxylic acids is 1. The van der Waals surface area contributed by atoms with Gasteiger partial charge in [-0.25, -0.2) is 9.37 Å². The van der Waals surface area contributed by atoms with Crippen LogP contribution in [0.5, 0.6) is 0 Å². The highest BCUT2D eigenvalue weighted by atomic mass is 35.5. The van der Waals surface area contributed by atoms with Gasteiger partial charge in [-0.1, -0.05) is 29.3 Å². The van der Waals surface area contributed by atoms with Gasteiger partial charge in [-0.2, -0.15) is 0 Å². The molecule has 2 aromatic rings. The minimum absolute atomic E-state index is 0.0997. The van der Waals surface area contributed by atoms with Crippen molar-refractivity contribution in [2.24, 2.45) is 0 Å². The van der Waals surface area contributed by atoms with E-state index in [9.17, 15) is 19.3 Å². The van der Waals surface area contributed by atoms with Crippen molar-refractivity contribution < 1.29 is 14.1 Å². The van der Waals surface area contributed by atoms with Crippen molar-refractivity contribution in [2.75, 3.05) is 5.32 Å². The number of nitrogens with zero attached hydrogens (tertiary/aromatic N) is 2. The SMILES string of the molecule is O=C(Nc1cccc(Cl)c1F)c1cc(Cl)ncc1[N+](=O)[O-]. The number of anilines is 1. The molecule has 0 saturated carbocycles. The molecule has 0 unspecified atom stereocenters. The number of nitro groups is 1. The Bertz CT molecular complexity index is 740. The molecule has 0 spiro atoms. The molecule has 1 aromatic carbocycles. The number of hydrogen-bond donors (Lipinski definition) is 1. The van der Waals surface area contributed by atoms with Gasteiger partial charge in [-0.3, -0.25) is 14.9 Å². The summed E-state index contributed by atoms with van der Waals surface area (Å²) in [7, 11) is 0. The van der Waals surface area contributed by atoms with Gasteiger partial charge in [0.2, 0.25) is 0 Å². The molecule has 1 N–H and O–H groups in total. The molecule has 2 rings (SSSR count). The molecule has 0 bridgehead atoms. The maximum atomic E-state index is 13.7. The van der Waals surface area contributed by atoms with Crippen LogP contribution in [0, 0.1) is 15.9 Å². The third kappa shape index (κ3) is 3.26. The zero-order valence-corrected chi connectivity index (χ0v) is 11.7. The fourth-order valence-electron chi connectivity index (χ4n) is 1.54. The number of amides is 1. The van der Waals surface area contributed by atoms with Gasteiger partial charge in [-0.05, 0) is 18.2 Å². The van der Waals surface area contributed by atoms with E-state index in [-0.39, 0.29) is 21.4 Å². The Kier molecular flexibility index (Phi) is 4.35. The molecule has 9 heteroatoms. The standard InChI is InChI=1S/C12H6Cl2FN3O3/c13-7-2-1-3-8(11(7)15)17-12(19)6-4-10(14)16-5-9(6)18(20)21/h1-5H,(H,17,19). The fourth-order valence-corrected chi connectivity index (χ4v) is 1.87.